The molecule has 0 amide bonds. The molecule has 1 aromatic rings. The highest BCUT2D eigenvalue weighted by atomic mass is 32.1. The molecule has 4 rings (SSSR count). The third-order valence-electron chi connectivity index (χ3n) is 4.29. The van der Waals surface area contributed by atoms with Gasteiger partial charge in [-0.3, -0.25) is 9.05 Å². The summed E-state index contributed by atoms with van der Waals surface area (Å²) in [5.41, 5.74) is 0.462. The highest BCUT2D eigenvalue weighted by molar-refractivity contribution is 7.80. The zero-order valence-electron chi connectivity index (χ0n) is 17.9. The van der Waals surface area contributed by atoms with Gasteiger partial charge in [0.2, 0.25) is 0 Å². The summed E-state index contributed by atoms with van der Waals surface area (Å²) in [5.74, 6) is -5.41. The van der Waals surface area contributed by atoms with Gasteiger partial charge in [0.1, 0.15) is 35.3 Å². The Kier molecular flexibility index (Phi) is 4.52. The third-order valence-corrected chi connectivity index (χ3v) is 5.77. The summed E-state index contributed by atoms with van der Waals surface area (Å²) in [4.78, 5) is 0.0538. The van der Waals surface area contributed by atoms with Crippen LogP contribution in [0.1, 0.15) is 9.68 Å². The zero-order chi connectivity index (χ0) is 24.4. The van der Waals surface area contributed by atoms with Gasteiger partial charge in [0.25, 0.3) is 5.85 Å². The van der Waals surface area contributed by atoms with E-state index in [1.54, 1.807) is 12.1 Å². The van der Waals surface area contributed by atoms with E-state index < -0.39 is 49.5 Å². The molecule has 9 nitrogen and oxygen atoms in total. The van der Waals surface area contributed by atoms with Gasteiger partial charge in [-0.2, -0.15) is 0 Å². The van der Waals surface area contributed by atoms with Crippen molar-refractivity contribution >= 4 is 25.0 Å². The molecule has 0 bridgehead atoms. The van der Waals surface area contributed by atoms with Crippen LogP contribution in [0.2, 0.25) is 0 Å². The molecule has 0 aromatic heterocycles. The third kappa shape index (κ3) is 3.76. The van der Waals surface area contributed by atoms with Gasteiger partial charge in [-0.1, -0.05) is 37.0 Å². The van der Waals surface area contributed by atoms with Crippen LogP contribution in [-0.2, 0) is 25.0 Å². The van der Waals surface area contributed by atoms with Crippen LogP contribution < -0.4 is 9.84 Å². The van der Waals surface area contributed by atoms with Gasteiger partial charge in [0.15, 0.2) is 12.0 Å². The van der Waals surface area contributed by atoms with E-state index in [-0.39, 0.29) is 18.2 Å². The summed E-state index contributed by atoms with van der Waals surface area (Å²) in [5, 5.41) is 23.0. The largest absolute Gasteiger partial charge is 0.530 e. The molecule has 5 atom stereocenters. The average molecular weight is 465 g/mol. The van der Waals surface area contributed by atoms with Crippen LogP contribution in [0.3, 0.4) is 0 Å². The summed E-state index contributed by atoms with van der Waals surface area (Å²) >= 11 is 4.69. The maximum atomic E-state index is 15.8. The lowest BCUT2D eigenvalue weighted by atomic mass is 10.1. The highest BCUT2D eigenvalue weighted by Crippen LogP contribution is 2.55. The number of hydrogen-bond donors (Lipinski definition) is 3. The summed E-state index contributed by atoms with van der Waals surface area (Å²) in [6.07, 6.45) is -7.76. The molecule has 0 spiro atoms. The number of benzene rings is 1. The van der Waals surface area contributed by atoms with Gasteiger partial charge in [-0.05, 0) is 6.07 Å². The van der Waals surface area contributed by atoms with E-state index in [0.29, 0.717) is 16.7 Å². The second-order valence-electron chi connectivity index (χ2n) is 6.34. The minimum atomic E-state index is -4.79. The SMILES string of the molecule is [2H]C([2H])(OP1(=O)OCc2ccccc2O1)[C@@]1(F)O[C@@]([2H])(N2C=C(F)C(=S)NC2=C)[C@H](O)[C@@H]1O. The number of nitrogens with zero attached hydrogens (tertiary/aromatic N) is 1. The Morgan fingerprint density at radius 1 is 1.53 bits per heavy atom. The van der Waals surface area contributed by atoms with E-state index in [0.717, 1.165) is 0 Å². The lowest BCUT2D eigenvalue weighted by Gasteiger charge is -2.34. The normalized spacial score (nSPS) is 40.5. The number of alkyl halides is 1. The summed E-state index contributed by atoms with van der Waals surface area (Å²) < 4.78 is 86.5. The van der Waals surface area contributed by atoms with Gasteiger partial charge in [-0.15, -0.1) is 0 Å². The lowest BCUT2D eigenvalue weighted by Crippen LogP contribution is -2.47. The minimum absolute atomic E-state index is 0.0332. The number of aliphatic hydroxyl groups is 2. The van der Waals surface area contributed by atoms with Crippen molar-refractivity contribution in [3.05, 3.63) is 54.3 Å². The van der Waals surface area contributed by atoms with Crippen LogP contribution in [0.5, 0.6) is 5.75 Å². The van der Waals surface area contributed by atoms with Crippen LogP contribution in [0, 0.1) is 0 Å². The Morgan fingerprint density at radius 3 is 3.03 bits per heavy atom. The number of halogens is 2. The number of phosphoric ester groups is 1. The number of ether oxygens (including phenoxy) is 1. The number of para-hydroxylation sites is 1. The molecule has 1 unspecified atom stereocenters. The van der Waals surface area contributed by atoms with Crippen LogP contribution in [0.25, 0.3) is 0 Å². The Balaban J connectivity index is 1.63. The zero-order valence-corrected chi connectivity index (χ0v) is 16.7. The quantitative estimate of drug-likeness (QED) is 0.451. The maximum absolute atomic E-state index is 15.8. The standard InChI is InChI=1S/C17H17F2N2O7PS/c1-9-20-15(30)11(18)6-21(9)16-13(22)14(23)17(19,27-16)8-26-29(24)25-7-10-4-2-3-5-12(10)28-29/h2-6,13-14,16,22-23H,1,7-8H2,(H,20,30)/t13-,14+,16-,17-,29?/m1/s1/i8D2,16D. The van der Waals surface area contributed by atoms with Gasteiger partial charge in [-0.25, -0.2) is 13.3 Å². The van der Waals surface area contributed by atoms with E-state index in [2.05, 4.69) is 24.1 Å². The van der Waals surface area contributed by atoms with Crippen molar-refractivity contribution < 1.29 is 46.0 Å². The minimum Gasteiger partial charge on any atom is -0.404 e. The topological polar surface area (TPSA) is 110 Å². The van der Waals surface area contributed by atoms with Gasteiger partial charge in [0, 0.05) is 11.8 Å². The molecule has 1 aromatic carbocycles. The predicted molar refractivity (Wildman–Crippen MR) is 102 cm³/mol. The van der Waals surface area contributed by atoms with Crippen LogP contribution in [0.15, 0.2) is 48.7 Å². The molecular formula is C17H17F2N2O7PS. The lowest BCUT2D eigenvalue weighted by molar-refractivity contribution is -0.207. The number of fused-ring (bicyclic) bond motifs is 1. The molecule has 3 aliphatic rings. The van der Waals surface area contributed by atoms with Gasteiger partial charge < -0.3 is 29.7 Å². The fraction of sp³-hybridized carbons (Fsp3) is 0.353. The number of rotatable bonds is 4. The van der Waals surface area contributed by atoms with Crippen molar-refractivity contribution in [2.24, 2.45) is 0 Å². The Morgan fingerprint density at radius 2 is 2.27 bits per heavy atom. The first-order valence-electron chi connectivity index (χ1n) is 9.87. The van der Waals surface area contributed by atoms with E-state index >= 15 is 4.39 Å². The molecule has 1 fully saturated rings. The number of thiocarbonyl (C=S) groups is 1. The second-order valence-corrected chi connectivity index (χ2v) is 8.26. The molecule has 1 saturated heterocycles. The Hall–Kier alpha value is -1.92. The molecule has 162 valence electrons. The summed E-state index contributed by atoms with van der Waals surface area (Å²) in [7, 11) is -4.79. The van der Waals surface area contributed by atoms with Crippen LogP contribution in [0.4, 0.5) is 8.78 Å². The van der Waals surface area contributed by atoms with E-state index in [1.807, 2.05) is 0 Å². The average Bonchev–Trinajstić information content (AvgIpc) is 2.91. The fourth-order valence-electron chi connectivity index (χ4n) is 2.75. The van der Waals surface area contributed by atoms with Crippen molar-refractivity contribution in [3.63, 3.8) is 0 Å². The van der Waals surface area contributed by atoms with Gasteiger partial charge >= 0.3 is 7.82 Å². The second kappa shape index (κ2) is 7.65. The molecule has 30 heavy (non-hydrogen) atoms. The summed E-state index contributed by atoms with van der Waals surface area (Å²) in [6.45, 7) is -0.667. The number of aliphatic hydroxyl groups excluding tert-OH is 2. The van der Waals surface area contributed by atoms with Crippen molar-refractivity contribution in [3.8, 4) is 5.75 Å². The first kappa shape index (κ1) is 17.7. The molecule has 0 radical (unpaired) electrons. The Labute approximate surface area is 179 Å². The number of phosphoric acid groups is 1. The van der Waals surface area contributed by atoms with E-state index in [1.165, 1.54) is 12.1 Å². The molecule has 13 heteroatoms. The first-order valence-corrected chi connectivity index (χ1v) is 10.2. The monoisotopic (exact) mass is 465 g/mol. The van der Waals surface area contributed by atoms with Crippen molar-refractivity contribution in [2.45, 2.75) is 30.9 Å². The number of nitrogens with one attached hydrogen (secondary N) is 1. The summed E-state index contributed by atoms with van der Waals surface area (Å²) in [6, 6.07) is 6.15. The van der Waals surface area contributed by atoms with Crippen molar-refractivity contribution in [2.75, 3.05) is 6.56 Å². The predicted octanol–water partition coefficient (Wildman–Crippen LogP) is 1.98. The van der Waals surface area contributed by atoms with E-state index in [9.17, 15) is 19.2 Å². The number of hydrogen-bond acceptors (Lipinski definition) is 9. The van der Waals surface area contributed by atoms with Crippen molar-refractivity contribution in [1.29, 1.82) is 0 Å². The molecule has 3 aliphatic heterocycles. The maximum Gasteiger partial charge on any atom is 0.530 e. The molecule has 3 N–H and O–H groups in total. The highest BCUT2D eigenvalue weighted by Gasteiger charge is 2.58. The molecule has 0 aliphatic carbocycles. The van der Waals surface area contributed by atoms with Crippen LogP contribution >= 0.6 is 20.0 Å². The van der Waals surface area contributed by atoms with E-state index in [4.69, 9.17) is 22.4 Å². The first-order chi connectivity index (χ1) is 15.2. The van der Waals surface area contributed by atoms with Gasteiger partial charge in [0.05, 0.1) is 10.7 Å². The molecule has 3 heterocycles. The molecular weight excluding hydrogens is 445 g/mol. The van der Waals surface area contributed by atoms with Crippen molar-refractivity contribution in [1.82, 2.24) is 10.2 Å². The molecule has 0 saturated carbocycles. The van der Waals surface area contributed by atoms with Crippen LogP contribution in [-0.4, -0.2) is 50.9 Å². The fourth-order valence-corrected chi connectivity index (χ4v) is 4.02. The Bertz CT molecular complexity index is 1110. The smallest absolute Gasteiger partial charge is 0.404 e.